The van der Waals surface area contributed by atoms with Crippen LogP contribution in [0.3, 0.4) is 0 Å². The van der Waals surface area contributed by atoms with Crippen LogP contribution in [0.5, 0.6) is 0 Å². The molecule has 94 valence electrons. The number of carbonyl (C=O) groups excluding carboxylic acids is 1. The Morgan fingerprint density at radius 2 is 2.28 bits per heavy atom. The summed E-state index contributed by atoms with van der Waals surface area (Å²) in [7, 11) is 0. The van der Waals surface area contributed by atoms with Crippen molar-refractivity contribution < 1.29 is 4.79 Å². The van der Waals surface area contributed by atoms with Gasteiger partial charge in [-0.15, -0.1) is 11.3 Å². The molecule has 2 aromatic heterocycles. The van der Waals surface area contributed by atoms with Crippen molar-refractivity contribution in [3.8, 4) is 0 Å². The standard InChI is InChI=1S/C13H14N2O2S/c1-2-10(11-4-3-7-18-11)15-13(17)9-5-6-12(16)14-8-9/h3-8,10H,2H2,1H3,(H,14,16)(H,15,17)/t10-/m0/s1. The maximum Gasteiger partial charge on any atom is 0.253 e. The first-order chi connectivity index (χ1) is 8.70. The van der Waals surface area contributed by atoms with E-state index in [0.717, 1.165) is 11.3 Å². The smallest absolute Gasteiger partial charge is 0.253 e. The van der Waals surface area contributed by atoms with Gasteiger partial charge < -0.3 is 10.3 Å². The van der Waals surface area contributed by atoms with Gasteiger partial charge in [0.15, 0.2) is 0 Å². The number of rotatable bonds is 4. The number of amides is 1. The fraction of sp³-hybridized carbons (Fsp3) is 0.231. The summed E-state index contributed by atoms with van der Waals surface area (Å²) in [6.07, 6.45) is 2.26. The number of pyridine rings is 1. The quantitative estimate of drug-likeness (QED) is 0.888. The third-order valence-electron chi connectivity index (χ3n) is 2.65. The van der Waals surface area contributed by atoms with E-state index in [-0.39, 0.29) is 17.5 Å². The fourth-order valence-corrected chi connectivity index (χ4v) is 2.52. The average molecular weight is 262 g/mol. The molecule has 0 radical (unpaired) electrons. The van der Waals surface area contributed by atoms with Crippen LogP contribution < -0.4 is 10.9 Å². The number of thiophene rings is 1. The zero-order valence-electron chi connectivity index (χ0n) is 9.97. The van der Waals surface area contributed by atoms with Crippen LogP contribution in [0.4, 0.5) is 0 Å². The van der Waals surface area contributed by atoms with Gasteiger partial charge in [-0.25, -0.2) is 0 Å². The number of hydrogen-bond donors (Lipinski definition) is 2. The van der Waals surface area contributed by atoms with Crippen LogP contribution in [0.25, 0.3) is 0 Å². The molecule has 18 heavy (non-hydrogen) atoms. The summed E-state index contributed by atoms with van der Waals surface area (Å²) in [5.74, 6) is -0.175. The number of aromatic amines is 1. The van der Waals surface area contributed by atoms with E-state index >= 15 is 0 Å². The van der Waals surface area contributed by atoms with Crippen molar-refractivity contribution in [1.82, 2.24) is 10.3 Å². The van der Waals surface area contributed by atoms with E-state index in [2.05, 4.69) is 10.3 Å². The summed E-state index contributed by atoms with van der Waals surface area (Å²) < 4.78 is 0. The molecule has 2 heterocycles. The maximum atomic E-state index is 12.0. The molecule has 0 saturated carbocycles. The summed E-state index contributed by atoms with van der Waals surface area (Å²) in [5.41, 5.74) is 0.251. The molecular formula is C13H14N2O2S. The van der Waals surface area contributed by atoms with Gasteiger partial charge in [0.1, 0.15) is 0 Å². The number of carbonyl (C=O) groups is 1. The second-order valence-corrected chi connectivity index (χ2v) is 4.87. The van der Waals surface area contributed by atoms with Gasteiger partial charge in [0.05, 0.1) is 11.6 Å². The number of hydrogen-bond acceptors (Lipinski definition) is 3. The summed E-state index contributed by atoms with van der Waals surface area (Å²) in [6, 6.07) is 6.86. The number of aromatic nitrogens is 1. The number of nitrogens with one attached hydrogen (secondary N) is 2. The zero-order chi connectivity index (χ0) is 13.0. The van der Waals surface area contributed by atoms with Crippen molar-refractivity contribution in [2.24, 2.45) is 0 Å². The van der Waals surface area contributed by atoms with E-state index in [9.17, 15) is 9.59 Å². The van der Waals surface area contributed by atoms with Crippen LogP contribution in [-0.2, 0) is 0 Å². The van der Waals surface area contributed by atoms with Gasteiger partial charge >= 0.3 is 0 Å². The van der Waals surface area contributed by atoms with Gasteiger partial charge in [-0.2, -0.15) is 0 Å². The van der Waals surface area contributed by atoms with Crippen LogP contribution in [0.1, 0.15) is 34.6 Å². The zero-order valence-corrected chi connectivity index (χ0v) is 10.8. The fourth-order valence-electron chi connectivity index (χ4n) is 1.66. The molecule has 1 amide bonds. The highest BCUT2D eigenvalue weighted by atomic mass is 32.1. The summed E-state index contributed by atoms with van der Waals surface area (Å²) in [4.78, 5) is 26.5. The topological polar surface area (TPSA) is 62.0 Å². The number of H-pyrrole nitrogens is 1. The molecule has 2 aromatic rings. The largest absolute Gasteiger partial charge is 0.344 e. The first kappa shape index (κ1) is 12.6. The predicted octanol–water partition coefficient (Wildman–Crippen LogP) is 2.32. The SMILES string of the molecule is CC[C@H](NC(=O)c1ccc(=O)[nH]c1)c1cccs1. The van der Waals surface area contributed by atoms with Crippen molar-refractivity contribution in [3.05, 3.63) is 56.6 Å². The summed E-state index contributed by atoms with van der Waals surface area (Å²) in [6.45, 7) is 2.03. The Balaban J connectivity index is 2.10. The minimum absolute atomic E-state index is 0.0180. The highest BCUT2D eigenvalue weighted by Crippen LogP contribution is 2.21. The first-order valence-corrected chi connectivity index (χ1v) is 6.61. The van der Waals surface area contributed by atoms with Gasteiger partial charge in [-0.3, -0.25) is 9.59 Å². The Hall–Kier alpha value is -1.88. The average Bonchev–Trinajstić information content (AvgIpc) is 2.90. The van der Waals surface area contributed by atoms with Crippen molar-refractivity contribution in [2.75, 3.05) is 0 Å². The molecule has 0 unspecified atom stereocenters. The molecule has 0 spiro atoms. The van der Waals surface area contributed by atoms with E-state index in [4.69, 9.17) is 0 Å². The Morgan fingerprint density at radius 3 is 2.83 bits per heavy atom. The lowest BCUT2D eigenvalue weighted by Gasteiger charge is -2.15. The predicted molar refractivity (Wildman–Crippen MR) is 71.9 cm³/mol. The second-order valence-electron chi connectivity index (χ2n) is 3.89. The van der Waals surface area contributed by atoms with Crippen molar-refractivity contribution >= 4 is 17.2 Å². The molecule has 0 aromatic carbocycles. The Kier molecular flexibility index (Phi) is 3.94. The van der Waals surface area contributed by atoms with Crippen molar-refractivity contribution in [3.63, 3.8) is 0 Å². The molecule has 5 heteroatoms. The van der Waals surface area contributed by atoms with Crippen molar-refractivity contribution in [2.45, 2.75) is 19.4 Å². The monoisotopic (exact) mass is 262 g/mol. The maximum absolute atomic E-state index is 12.0. The molecule has 1 atom stereocenters. The van der Waals surface area contributed by atoms with Gasteiger partial charge in [-0.1, -0.05) is 13.0 Å². The van der Waals surface area contributed by atoms with E-state index < -0.39 is 0 Å². The lowest BCUT2D eigenvalue weighted by Crippen LogP contribution is -2.28. The first-order valence-electron chi connectivity index (χ1n) is 5.73. The van der Waals surface area contributed by atoms with Gasteiger partial charge in [-0.05, 0) is 23.9 Å². The highest BCUT2D eigenvalue weighted by Gasteiger charge is 2.14. The molecule has 0 fully saturated rings. The second kappa shape index (κ2) is 5.64. The summed E-state index contributed by atoms with van der Waals surface area (Å²) in [5, 5.41) is 4.94. The molecular weight excluding hydrogens is 248 g/mol. The van der Waals surface area contributed by atoms with E-state index in [1.54, 1.807) is 11.3 Å². The van der Waals surface area contributed by atoms with E-state index in [0.29, 0.717) is 5.56 Å². The molecule has 0 aliphatic rings. The lowest BCUT2D eigenvalue weighted by atomic mass is 10.1. The third-order valence-corrected chi connectivity index (χ3v) is 3.63. The van der Waals surface area contributed by atoms with Crippen LogP contribution in [0, 0.1) is 0 Å². The molecule has 2 N–H and O–H groups in total. The third kappa shape index (κ3) is 2.87. The van der Waals surface area contributed by atoms with Crippen LogP contribution in [0.15, 0.2) is 40.6 Å². The minimum Gasteiger partial charge on any atom is -0.344 e. The highest BCUT2D eigenvalue weighted by molar-refractivity contribution is 7.10. The molecule has 4 nitrogen and oxygen atoms in total. The van der Waals surface area contributed by atoms with Gasteiger partial charge in [0.2, 0.25) is 5.56 Å². The lowest BCUT2D eigenvalue weighted by molar-refractivity contribution is 0.0936. The van der Waals surface area contributed by atoms with Crippen LogP contribution in [0.2, 0.25) is 0 Å². The molecule has 0 aliphatic heterocycles. The van der Waals surface area contributed by atoms with Crippen LogP contribution >= 0.6 is 11.3 Å². The molecule has 0 saturated heterocycles. The Bertz CT molecular complexity index is 554. The minimum atomic E-state index is -0.211. The van der Waals surface area contributed by atoms with Gasteiger partial charge in [0, 0.05) is 17.1 Å². The normalized spacial score (nSPS) is 12.1. The molecule has 0 bridgehead atoms. The van der Waals surface area contributed by atoms with E-state index in [1.165, 1.54) is 18.3 Å². The Morgan fingerprint density at radius 1 is 1.44 bits per heavy atom. The van der Waals surface area contributed by atoms with Crippen LogP contribution in [-0.4, -0.2) is 10.9 Å². The van der Waals surface area contributed by atoms with Crippen molar-refractivity contribution in [1.29, 1.82) is 0 Å². The van der Waals surface area contributed by atoms with E-state index in [1.807, 2.05) is 24.4 Å². The molecule has 0 aliphatic carbocycles. The molecule has 2 rings (SSSR count). The summed E-state index contributed by atoms with van der Waals surface area (Å²) >= 11 is 1.62. The Labute approximate surface area is 109 Å². The van der Waals surface area contributed by atoms with Gasteiger partial charge in [0.25, 0.3) is 5.91 Å².